The maximum Gasteiger partial charge on any atom is 0.0660 e. The van der Waals surface area contributed by atoms with Crippen molar-refractivity contribution in [1.29, 1.82) is 0 Å². The molecule has 1 aromatic heterocycles. The fourth-order valence-electron chi connectivity index (χ4n) is 1.47. The lowest BCUT2D eigenvalue weighted by molar-refractivity contribution is 0.806. The van der Waals surface area contributed by atoms with Crippen LogP contribution in [0.5, 0.6) is 0 Å². The van der Waals surface area contributed by atoms with Crippen LogP contribution in [0.2, 0.25) is 0 Å². The van der Waals surface area contributed by atoms with Crippen molar-refractivity contribution in [2.45, 2.75) is 39.5 Å². The van der Waals surface area contributed by atoms with Crippen LogP contribution in [0.15, 0.2) is 12.3 Å². The largest absolute Gasteiger partial charge is 0.397 e. The van der Waals surface area contributed by atoms with E-state index in [1.54, 1.807) is 0 Å². The van der Waals surface area contributed by atoms with Crippen molar-refractivity contribution >= 4 is 5.69 Å². The SMILES string of the molecule is CC(C)c1ccnc(C(C)C)c1N. The van der Waals surface area contributed by atoms with Crippen molar-refractivity contribution in [1.82, 2.24) is 4.98 Å². The fourth-order valence-corrected chi connectivity index (χ4v) is 1.47. The zero-order valence-electron chi connectivity index (χ0n) is 8.83. The van der Waals surface area contributed by atoms with Gasteiger partial charge in [0.2, 0.25) is 0 Å². The molecule has 0 amide bonds. The van der Waals surface area contributed by atoms with E-state index in [0.29, 0.717) is 11.8 Å². The monoisotopic (exact) mass is 178 g/mol. The number of nitrogens with two attached hydrogens (primary N) is 1. The van der Waals surface area contributed by atoms with Gasteiger partial charge in [-0.25, -0.2) is 0 Å². The van der Waals surface area contributed by atoms with Gasteiger partial charge in [0.05, 0.1) is 11.4 Å². The number of anilines is 1. The third-order valence-corrected chi connectivity index (χ3v) is 2.22. The summed E-state index contributed by atoms with van der Waals surface area (Å²) >= 11 is 0. The van der Waals surface area contributed by atoms with Gasteiger partial charge >= 0.3 is 0 Å². The van der Waals surface area contributed by atoms with Gasteiger partial charge in [0.15, 0.2) is 0 Å². The van der Waals surface area contributed by atoms with Crippen molar-refractivity contribution in [2.24, 2.45) is 0 Å². The van der Waals surface area contributed by atoms with Crippen LogP contribution < -0.4 is 5.73 Å². The highest BCUT2D eigenvalue weighted by Crippen LogP contribution is 2.27. The highest BCUT2D eigenvalue weighted by molar-refractivity contribution is 5.52. The Kier molecular flexibility index (Phi) is 2.91. The van der Waals surface area contributed by atoms with Crippen LogP contribution >= 0.6 is 0 Å². The Hall–Kier alpha value is -1.05. The normalized spacial score (nSPS) is 11.2. The van der Waals surface area contributed by atoms with Crippen molar-refractivity contribution in [3.8, 4) is 0 Å². The summed E-state index contributed by atoms with van der Waals surface area (Å²) in [5, 5.41) is 0. The van der Waals surface area contributed by atoms with E-state index in [1.807, 2.05) is 12.3 Å². The number of nitrogens with zero attached hydrogens (tertiary/aromatic N) is 1. The van der Waals surface area contributed by atoms with Crippen molar-refractivity contribution < 1.29 is 0 Å². The topological polar surface area (TPSA) is 38.9 Å². The molecular formula is C11H18N2. The number of aromatic nitrogens is 1. The van der Waals surface area contributed by atoms with Crippen molar-refractivity contribution in [3.63, 3.8) is 0 Å². The van der Waals surface area contributed by atoms with Gasteiger partial charge in [-0.1, -0.05) is 27.7 Å². The number of hydrogen-bond acceptors (Lipinski definition) is 2. The third-order valence-electron chi connectivity index (χ3n) is 2.22. The third kappa shape index (κ3) is 2.00. The maximum absolute atomic E-state index is 6.02. The molecule has 0 fully saturated rings. The molecule has 0 saturated carbocycles. The van der Waals surface area contributed by atoms with Gasteiger partial charge in [0.1, 0.15) is 0 Å². The minimum atomic E-state index is 0.402. The molecule has 0 atom stereocenters. The predicted molar refractivity (Wildman–Crippen MR) is 56.8 cm³/mol. The number of rotatable bonds is 2. The lowest BCUT2D eigenvalue weighted by Crippen LogP contribution is -2.04. The molecule has 0 aromatic carbocycles. The molecule has 1 heterocycles. The first-order valence-electron chi connectivity index (χ1n) is 4.78. The number of pyridine rings is 1. The van der Waals surface area contributed by atoms with E-state index < -0.39 is 0 Å². The van der Waals surface area contributed by atoms with Crippen LogP contribution in [0.3, 0.4) is 0 Å². The Bertz CT molecular complexity index is 264. The molecule has 72 valence electrons. The molecule has 0 aliphatic carbocycles. The molecule has 0 aliphatic rings. The summed E-state index contributed by atoms with van der Waals surface area (Å²) in [6.45, 7) is 8.52. The van der Waals surface area contributed by atoms with Crippen LogP contribution in [0, 0.1) is 0 Å². The van der Waals surface area contributed by atoms with Gasteiger partial charge in [-0.15, -0.1) is 0 Å². The molecule has 0 unspecified atom stereocenters. The van der Waals surface area contributed by atoms with Gasteiger partial charge in [-0.05, 0) is 23.5 Å². The lowest BCUT2D eigenvalue weighted by Gasteiger charge is -2.14. The summed E-state index contributed by atoms with van der Waals surface area (Å²) in [4.78, 5) is 4.30. The van der Waals surface area contributed by atoms with Gasteiger partial charge < -0.3 is 5.73 Å². The fraction of sp³-hybridized carbons (Fsp3) is 0.545. The first-order chi connectivity index (χ1) is 6.04. The molecular weight excluding hydrogens is 160 g/mol. The summed E-state index contributed by atoms with van der Waals surface area (Å²) in [5.41, 5.74) is 9.12. The second-order valence-corrected chi connectivity index (χ2v) is 4.01. The molecule has 0 radical (unpaired) electrons. The van der Waals surface area contributed by atoms with Crippen LogP contribution in [-0.2, 0) is 0 Å². The summed E-state index contributed by atoms with van der Waals surface area (Å²) in [7, 11) is 0. The molecule has 0 bridgehead atoms. The van der Waals surface area contributed by atoms with Gasteiger partial charge in [-0.3, -0.25) is 4.98 Å². The van der Waals surface area contributed by atoms with E-state index in [9.17, 15) is 0 Å². The number of nitrogen functional groups attached to an aromatic ring is 1. The van der Waals surface area contributed by atoms with E-state index in [4.69, 9.17) is 5.73 Å². The zero-order chi connectivity index (χ0) is 10.0. The summed E-state index contributed by atoms with van der Waals surface area (Å²) < 4.78 is 0. The summed E-state index contributed by atoms with van der Waals surface area (Å²) in [5.74, 6) is 0.874. The Morgan fingerprint density at radius 1 is 1.15 bits per heavy atom. The van der Waals surface area contributed by atoms with E-state index in [0.717, 1.165) is 11.4 Å². The highest BCUT2D eigenvalue weighted by atomic mass is 14.7. The lowest BCUT2D eigenvalue weighted by atomic mass is 9.98. The average Bonchev–Trinajstić information content (AvgIpc) is 2.03. The standard InChI is InChI=1S/C11H18N2/c1-7(2)9-5-6-13-11(8(3)4)10(9)12/h5-8H,12H2,1-4H3. The molecule has 13 heavy (non-hydrogen) atoms. The average molecular weight is 178 g/mol. The van der Waals surface area contributed by atoms with Crippen LogP contribution in [0.4, 0.5) is 5.69 Å². The van der Waals surface area contributed by atoms with Crippen LogP contribution in [0.1, 0.15) is 50.8 Å². The molecule has 0 aliphatic heterocycles. The minimum Gasteiger partial charge on any atom is -0.397 e. The second kappa shape index (κ2) is 3.77. The smallest absolute Gasteiger partial charge is 0.0660 e. The molecule has 0 spiro atoms. The first-order valence-corrected chi connectivity index (χ1v) is 4.78. The summed E-state index contributed by atoms with van der Waals surface area (Å²) in [6.07, 6.45) is 1.85. The Balaban J connectivity index is 3.18. The van der Waals surface area contributed by atoms with E-state index in [1.165, 1.54) is 5.56 Å². The van der Waals surface area contributed by atoms with Gasteiger partial charge in [-0.2, -0.15) is 0 Å². The molecule has 2 nitrogen and oxygen atoms in total. The van der Waals surface area contributed by atoms with E-state index >= 15 is 0 Å². The molecule has 1 aromatic rings. The Morgan fingerprint density at radius 2 is 1.77 bits per heavy atom. The quantitative estimate of drug-likeness (QED) is 0.756. The molecule has 1 rings (SSSR count). The van der Waals surface area contributed by atoms with Crippen LogP contribution in [0.25, 0.3) is 0 Å². The van der Waals surface area contributed by atoms with Gasteiger partial charge in [0, 0.05) is 6.20 Å². The summed E-state index contributed by atoms with van der Waals surface area (Å²) in [6, 6.07) is 2.01. The molecule has 2 heteroatoms. The van der Waals surface area contributed by atoms with Crippen molar-refractivity contribution in [2.75, 3.05) is 5.73 Å². The predicted octanol–water partition coefficient (Wildman–Crippen LogP) is 2.91. The second-order valence-electron chi connectivity index (χ2n) is 4.01. The molecule has 2 N–H and O–H groups in total. The number of hydrogen-bond donors (Lipinski definition) is 1. The zero-order valence-corrected chi connectivity index (χ0v) is 8.83. The van der Waals surface area contributed by atoms with E-state index in [2.05, 4.69) is 32.7 Å². The maximum atomic E-state index is 6.02. The van der Waals surface area contributed by atoms with E-state index in [-0.39, 0.29) is 0 Å². The van der Waals surface area contributed by atoms with Crippen LogP contribution in [-0.4, -0.2) is 4.98 Å². The molecule has 0 saturated heterocycles. The first kappa shape index (κ1) is 10.0. The van der Waals surface area contributed by atoms with Gasteiger partial charge in [0.25, 0.3) is 0 Å². The highest BCUT2D eigenvalue weighted by Gasteiger charge is 2.11. The minimum absolute atomic E-state index is 0.402. The Morgan fingerprint density at radius 3 is 2.23 bits per heavy atom. The Labute approximate surface area is 80.2 Å². The van der Waals surface area contributed by atoms with Crippen molar-refractivity contribution in [3.05, 3.63) is 23.5 Å².